The summed E-state index contributed by atoms with van der Waals surface area (Å²) < 4.78 is 40.6. The van der Waals surface area contributed by atoms with E-state index in [2.05, 4.69) is 31.9 Å². The largest absolute Gasteiger partial charge is 0.586 e. The van der Waals surface area contributed by atoms with E-state index in [1.54, 1.807) is 12.1 Å². The van der Waals surface area contributed by atoms with E-state index >= 15 is 0 Å². The van der Waals surface area contributed by atoms with E-state index < -0.39 is 6.29 Å². The third-order valence-electron chi connectivity index (χ3n) is 4.75. The fraction of sp³-hybridized carbons (Fsp3) is 0.190. The van der Waals surface area contributed by atoms with E-state index in [-0.39, 0.29) is 11.5 Å². The van der Waals surface area contributed by atoms with Crippen LogP contribution in [0.1, 0.15) is 12.0 Å². The molecule has 5 rings (SSSR count). The van der Waals surface area contributed by atoms with Crippen molar-refractivity contribution in [2.24, 2.45) is 0 Å². The average molecular weight is 417 g/mol. The summed E-state index contributed by atoms with van der Waals surface area (Å²) in [6, 6.07) is 12.1. The standard InChI is InChI=1S/C21H15ClF2N2O3/c22-16-10-14(12-5-7-27-8-6-12)9-13-1-4-19(26-20(13)16)25-15-2-3-17-18(11-15)29-21(23,24)28-17/h1-5,9-11H,6-8H2,(H,25,26). The molecular weight excluding hydrogens is 402 g/mol. The Labute approximate surface area is 169 Å². The number of nitrogens with one attached hydrogen (secondary N) is 1. The van der Waals surface area contributed by atoms with Gasteiger partial charge in [-0.05, 0) is 54.0 Å². The molecule has 29 heavy (non-hydrogen) atoms. The van der Waals surface area contributed by atoms with Gasteiger partial charge in [0.15, 0.2) is 11.5 Å². The summed E-state index contributed by atoms with van der Waals surface area (Å²) in [4.78, 5) is 4.57. The first kappa shape index (κ1) is 18.1. The molecule has 1 N–H and O–H groups in total. The molecule has 3 heterocycles. The highest BCUT2D eigenvalue weighted by Gasteiger charge is 2.43. The molecule has 0 aliphatic carbocycles. The van der Waals surface area contributed by atoms with Crippen LogP contribution in [0.25, 0.3) is 16.5 Å². The number of anilines is 2. The smallest absolute Gasteiger partial charge is 0.395 e. The monoisotopic (exact) mass is 416 g/mol. The van der Waals surface area contributed by atoms with Crippen LogP contribution in [0.15, 0.2) is 48.5 Å². The maximum absolute atomic E-state index is 13.2. The van der Waals surface area contributed by atoms with Gasteiger partial charge in [-0.25, -0.2) is 4.98 Å². The number of ether oxygens (including phenoxy) is 3. The highest BCUT2D eigenvalue weighted by molar-refractivity contribution is 6.35. The second-order valence-corrected chi connectivity index (χ2v) is 7.14. The second-order valence-electron chi connectivity index (χ2n) is 6.73. The molecule has 0 saturated heterocycles. The third kappa shape index (κ3) is 3.59. The van der Waals surface area contributed by atoms with Crippen LogP contribution in [-0.2, 0) is 4.74 Å². The lowest BCUT2D eigenvalue weighted by Crippen LogP contribution is -2.25. The van der Waals surface area contributed by atoms with E-state index in [1.165, 1.54) is 17.7 Å². The van der Waals surface area contributed by atoms with Crippen LogP contribution in [0, 0.1) is 0 Å². The molecule has 0 fully saturated rings. The number of aromatic nitrogens is 1. The molecule has 2 aromatic carbocycles. The Morgan fingerprint density at radius 1 is 1.03 bits per heavy atom. The molecule has 0 atom stereocenters. The van der Waals surface area contributed by atoms with Crippen molar-refractivity contribution >= 4 is 39.6 Å². The summed E-state index contributed by atoms with van der Waals surface area (Å²) in [5, 5.41) is 4.53. The quantitative estimate of drug-likeness (QED) is 0.588. The van der Waals surface area contributed by atoms with Crippen molar-refractivity contribution in [2.75, 3.05) is 18.5 Å². The van der Waals surface area contributed by atoms with Crippen LogP contribution in [0.3, 0.4) is 0 Å². The van der Waals surface area contributed by atoms with E-state index in [0.717, 1.165) is 17.4 Å². The lowest BCUT2D eigenvalue weighted by Gasteiger charge is -2.15. The first-order valence-electron chi connectivity index (χ1n) is 9.01. The van der Waals surface area contributed by atoms with E-state index in [1.807, 2.05) is 12.1 Å². The van der Waals surface area contributed by atoms with Gasteiger partial charge >= 0.3 is 6.29 Å². The SMILES string of the molecule is FC1(F)Oc2ccc(Nc3ccc4cc(C5=CCOCC5)cc(Cl)c4n3)cc2O1. The van der Waals surface area contributed by atoms with Crippen molar-refractivity contribution in [2.45, 2.75) is 12.7 Å². The molecule has 0 bridgehead atoms. The van der Waals surface area contributed by atoms with Gasteiger partial charge in [0.1, 0.15) is 5.82 Å². The molecule has 5 nitrogen and oxygen atoms in total. The Kier molecular flexibility index (Phi) is 4.29. The molecule has 0 unspecified atom stereocenters. The zero-order chi connectivity index (χ0) is 20.0. The molecule has 0 radical (unpaired) electrons. The summed E-state index contributed by atoms with van der Waals surface area (Å²) >= 11 is 6.50. The first-order valence-corrected chi connectivity index (χ1v) is 9.39. The molecule has 8 heteroatoms. The fourth-order valence-electron chi connectivity index (χ4n) is 3.41. The number of hydrogen-bond donors (Lipinski definition) is 1. The van der Waals surface area contributed by atoms with Crippen molar-refractivity contribution in [3.8, 4) is 11.5 Å². The minimum absolute atomic E-state index is 0.00925. The van der Waals surface area contributed by atoms with E-state index in [4.69, 9.17) is 16.3 Å². The Balaban J connectivity index is 1.43. The number of alkyl halides is 2. The average Bonchev–Trinajstić information content (AvgIpc) is 3.02. The molecule has 2 aliphatic rings. The second kappa shape index (κ2) is 6.86. The van der Waals surface area contributed by atoms with Gasteiger partial charge in [0, 0.05) is 17.1 Å². The number of fused-ring (bicyclic) bond motifs is 2. The summed E-state index contributed by atoms with van der Waals surface area (Å²) in [7, 11) is 0. The van der Waals surface area contributed by atoms with Gasteiger partial charge in [-0.1, -0.05) is 17.7 Å². The summed E-state index contributed by atoms with van der Waals surface area (Å²) in [6.45, 7) is 1.30. The summed E-state index contributed by atoms with van der Waals surface area (Å²) in [5.41, 5.74) is 3.46. The minimum Gasteiger partial charge on any atom is -0.395 e. The number of benzene rings is 2. The van der Waals surface area contributed by atoms with Crippen molar-refractivity contribution in [3.05, 3.63) is 59.1 Å². The number of hydrogen-bond acceptors (Lipinski definition) is 5. The Hall–Kier alpha value is -2.90. The van der Waals surface area contributed by atoms with Crippen molar-refractivity contribution in [1.29, 1.82) is 0 Å². The zero-order valence-electron chi connectivity index (χ0n) is 15.0. The highest BCUT2D eigenvalue weighted by atomic mass is 35.5. The van der Waals surface area contributed by atoms with Crippen LogP contribution in [0.5, 0.6) is 11.5 Å². The van der Waals surface area contributed by atoms with Crippen LogP contribution in [0.4, 0.5) is 20.3 Å². The first-order chi connectivity index (χ1) is 14.0. The van der Waals surface area contributed by atoms with E-state index in [9.17, 15) is 8.78 Å². The molecule has 0 saturated carbocycles. The number of pyridine rings is 1. The van der Waals surface area contributed by atoms with Gasteiger partial charge in [-0.15, -0.1) is 8.78 Å². The maximum Gasteiger partial charge on any atom is 0.586 e. The lowest BCUT2D eigenvalue weighted by molar-refractivity contribution is -0.286. The summed E-state index contributed by atoms with van der Waals surface area (Å²) in [6.07, 6.45) is -0.737. The molecule has 148 valence electrons. The van der Waals surface area contributed by atoms with Crippen molar-refractivity contribution in [3.63, 3.8) is 0 Å². The Morgan fingerprint density at radius 3 is 2.72 bits per heavy atom. The highest BCUT2D eigenvalue weighted by Crippen LogP contribution is 2.42. The predicted octanol–water partition coefficient (Wildman–Crippen LogP) is 5.76. The van der Waals surface area contributed by atoms with Crippen LogP contribution >= 0.6 is 11.6 Å². The molecule has 3 aromatic rings. The maximum atomic E-state index is 13.2. The van der Waals surface area contributed by atoms with E-state index in [0.29, 0.717) is 35.3 Å². The summed E-state index contributed by atoms with van der Waals surface area (Å²) in [5.74, 6) is 0.487. The number of nitrogens with zero attached hydrogens (tertiary/aromatic N) is 1. The topological polar surface area (TPSA) is 52.6 Å². The zero-order valence-corrected chi connectivity index (χ0v) is 15.8. The minimum atomic E-state index is -3.65. The fourth-order valence-corrected chi connectivity index (χ4v) is 3.68. The van der Waals surface area contributed by atoms with Crippen LogP contribution in [0.2, 0.25) is 5.02 Å². The lowest BCUT2D eigenvalue weighted by atomic mass is 9.99. The van der Waals surface area contributed by atoms with Gasteiger partial charge in [0.05, 0.1) is 23.8 Å². The van der Waals surface area contributed by atoms with Gasteiger partial charge < -0.3 is 19.5 Å². The Morgan fingerprint density at radius 2 is 1.90 bits per heavy atom. The van der Waals surface area contributed by atoms with Crippen molar-refractivity contribution in [1.82, 2.24) is 4.98 Å². The van der Waals surface area contributed by atoms with Crippen LogP contribution in [-0.4, -0.2) is 24.5 Å². The van der Waals surface area contributed by atoms with Gasteiger partial charge in [0.2, 0.25) is 0 Å². The van der Waals surface area contributed by atoms with Gasteiger partial charge in [-0.2, -0.15) is 0 Å². The molecule has 0 spiro atoms. The molecule has 1 aromatic heterocycles. The van der Waals surface area contributed by atoms with Crippen LogP contribution < -0.4 is 14.8 Å². The third-order valence-corrected chi connectivity index (χ3v) is 5.04. The number of rotatable bonds is 3. The molecular formula is C21H15ClF2N2O3. The van der Waals surface area contributed by atoms with Crippen molar-refractivity contribution < 1.29 is 23.0 Å². The van der Waals surface area contributed by atoms with Gasteiger partial charge in [0.25, 0.3) is 0 Å². The van der Waals surface area contributed by atoms with Gasteiger partial charge in [-0.3, -0.25) is 0 Å². The Bertz CT molecular complexity index is 1150. The molecule has 0 amide bonds. The molecule has 2 aliphatic heterocycles. The predicted molar refractivity (Wildman–Crippen MR) is 106 cm³/mol. The number of halogens is 3. The normalized spacial score (nSPS) is 17.3.